The van der Waals surface area contributed by atoms with E-state index in [0.717, 1.165) is 24.0 Å². The average Bonchev–Trinajstić information content (AvgIpc) is 3.18. The molecular formula is C29H32N2O7. The van der Waals surface area contributed by atoms with Crippen molar-refractivity contribution < 1.29 is 34.1 Å². The number of rotatable bonds is 8. The summed E-state index contributed by atoms with van der Waals surface area (Å²) in [7, 11) is 0. The number of aliphatic hydroxyl groups is 1. The summed E-state index contributed by atoms with van der Waals surface area (Å²) < 4.78 is 5.93. The summed E-state index contributed by atoms with van der Waals surface area (Å²) >= 11 is 0. The van der Waals surface area contributed by atoms with Crippen molar-refractivity contribution in [1.29, 1.82) is 0 Å². The number of imide groups is 1. The molecule has 0 unspecified atom stereocenters. The smallest absolute Gasteiger partial charge is 0.307 e. The van der Waals surface area contributed by atoms with Crippen LogP contribution in [0.15, 0.2) is 42.5 Å². The number of amides is 3. The molecule has 3 aliphatic rings. The number of benzene rings is 2. The Morgan fingerprint density at radius 1 is 0.947 bits per heavy atom. The number of ether oxygens (including phenoxy) is 1. The highest BCUT2D eigenvalue weighted by atomic mass is 16.5. The molecule has 3 amide bonds. The largest absolute Gasteiger partial charge is 0.493 e. The Hall–Kier alpha value is -3.72. The number of nitrogens with zero attached hydrogens (tertiary/aromatic N) is 2. The molecule has 3 atom stereocenters. The monoisotopic (exact) mass is 520 g/mol. The number of aliphatic carboxylic acids is 1. The van der Waals surface area contributed by atoms with Crippen LogP contribution in [-0.2, 0) is 16.0 Å². The van der Waals surface area contributed by atoms with Crippen LogP contribution in [0, 0.1) is 11.8 Å². The highest BCUT2D eigenvalue weighted by molar-refractivity contribution is 6.21. The minimum absolute atomic E-state index is 0.00576. The third kappa shape index (κ3) is 4.67. The third-order valence-electron chi connectivity index (χ3n) is 7.98. The molecule has 2 aliphatic heterocycles. The van der Waals surface area contributed by atoms with E-state index in [1.54, 1.807) is 29.2 Å². The van der Waals surface area contributed by atoms with Gasteiger partial charge in [0.2, 0.25) is 5.91 Å². The second-order valence-electron chi connectivity index (χ2n) is 10.1. The van der Waals surface area contributed by atoms with E-state index in [2.05, 4.69) is 0 Å². The SMILES string of the molecule is O=C(O)[C@H]1CCCC[C@H]1C(=O)N1CCc2c(OCCCO)cccc2[C@H]1CN1C(=O)c2ccccc2C1=O. The fraction of sp³-hybridized carbons (Fsp3) is 0.448. The van der Waals surface area contributed by atoms with E-state index < -0.39 is 35.7 Å². The van der Waals surface area contributed by atoms with Crippen molar-refractivity contribution in [2.75, 3.05) is 26.3 Å². The topological polar surface area (TPSA) is 124 Å². The lowest BCUT2D eigenvalue weighted by atomic mass is 9.77. The maximum absolute atomic E-state index is 14.0. The molecule has 5 rings (SSSR count). The van der Waals surface area contributed by atoms with Crippen LogP contribution in [0.25, 0.3) is 0 Å². The first-order valence-electron chi connectivity index (χ1n) is 13.3. The van der Waals surface area contributed by atoms with Crippen molar-refractivity contribution >= 4 is 23.7 Å². The number of aliphatic hydroxyl groups excluding tert-OH is 1. The third-order valence-corrected chi connectivity index (χ3v) is 7.98. The molecule has 2 aromatic rings. The zero-order valence-electron chi connectivity index (χ0n) is 21.2. The van der Waals surface area contributed by atoms with Crippen LogP contribution in [0.5, 0.6) is 5.75 Å². The maximum atomic E-state index is 14.0. The highest BCUT2D eigenvalue weighted by Crippen LogP contribution is 2.40. The number of carboxylic acids is 1. The van der Waals surface area contributed by atoms with Gasteiger partial charge >= 0.3 is 5.97 Å². The summed E-state index contributed by atoms with van der Waals surface area (Å²) in [6.07, 6.45) is 3.50. The number of carboxylic acid groups (broad SMARTS) is 1. The predicted molar refractivity (Wildman–Crippen MR) is 137 cm³/mol. The fourth-order valence-corrected chi connectivity index (χ4v) is 6.07. The second-order valence-corrected chi connectivity index (χ2v) is 10.1. The lowest BCUT2D eigenvalue weighted by Gasteiger charge is -2.42. The molecule has 2 aromatic carbocycles. The van der Waals surface area contributed by atoms with Crippen LogP contribution in [0.2, 0.25) is 0 Å². The van der Waals surface area contributed by atoms with Crippen molar-refractivity contribution in [3.05, 3.63) is 64.7 Å². The molecule has 0 radical (unpaired) electrons. The van der Waals surface area contributed by atoms with E-state index in [-0.39, 0.29) is 19.1 Å². The normalized spacial score (nSPS) is 22.7. The van der Waals surface area contributed by atoms with Crippen LogP contribution < -0.4 is 4.74 Å². The molecule has 38 heavy (non-hydrogen) atoms. The Labute approximate surface area is 221 Å². The van der Waals surface area contributed by atoms with Gasteiger partial charge in [0.05, 0.1) is 42.2 Å². The number of carbonyl (C=O) groups is 4. The van der Waals surface area contributed by atoms with Gasteiger partial charge in [0, 0.05) is 25.1 Å². The van der Waals surface area contributed by atoms with Gasteiger partial charge in [-0.25, -0.2) is 0 Å². The van der Waals surface area contributed by atoms with Crippen molar-refractivity contribution in [1.82, 2.24) is 9.80 Å². The molecule has 1 fully saturated rings. The number of hydrogen-bond donors (Lipinski definition) is 2. The van der Waals surface area contributed by atoms with Crippen molar-refractivity contribution in [2.45, 2.75) is 44.6 Å². The van der Waals surface area contributed by atoms with Crippen molar-refractivity contribution in [3.8, 4) is 5.75 Å². The van der Waals surface area contributed by atoms with E-state index in [1.165, 1.54) is 4.90 Å². The van der Waals surface area contributed by atoms with Gasteiger partial charge < -0.3 is 19.8 Å². The first-order chi connectivity index (χ1) is 18.4. The zero-order chi connectivity index (χ0) is 26.8. The summed E-state index contributed by atoms with van der Waals surface area (Å²) in [6, 6.07) is 11.6. The Morgan fingerprint density at radius 2 is 1.63 bits per heavy atom. The Kier molecular flexibility index (Phi) is 7.46. The molecule has 9 heteroatoms. The molecular weight excluding hydrogens is 488 g/mol. The van der Waals surface area contributed by atoms with E-state index in [4.69, 9.17) is 9.84 Å². The van der Waals surface area contributed by atoms with Gasteiger partial charge in [0.25, 0.3) is 11.8 Å². The summed E-state index contributed by atoms with van der Waals surface area (Å²) in [5.41, 5.74) is 2.36. The summed E-state index contributed by atoms with van der Waals surface area (Å²) in [5.74, 6) is -2.74. The van der Waals surface area contributed by atoms with Gasteiger partial charge in [0.1, 0.15) is 5.75 Å². The van der Waals surface area contributed by atoms with E-state index in [1.807, 2.05) is 18.2 Å². The molecule has 0 aromatic heterocycles. The lowest BCUT2D eigenvalue weighted by Crippen LogP contribution is -2.50. The first-order valence-corrected chi connectivity index (χ1v) is 13.3. The van der Waals surface area contributed by atoms with E-state index in [0.29, 0.717) is 55.7 Å². The van der Waals surface area contributed by atoms with Gasteiger partial charge in [-0.1, -0.05) is 37.1 Å². The molecule has 1 saturated carbocycles. The lowest BCUT2D eigenvalue weighted by molar-refractivity contribution is -0.153. The fourth-order valence-electron chi connectivity index (χ4n) is 6.07. The maximum Gasteiger partial charge on any atom is 0.307 e. The quantitative estimate of drug-likeness (QED) is 0.405. The van der Waals surface area contributed by atoms with E-state index in [9.17, 15) is 24.3 Å². The van der Waals surface area contributed by atoms with Crippen LogP contribution >= 0.6 is 0 Å². The Morgan fingerprint density at radius 3 is 2.29 bits per heavy atom. The van der Waals surface area contributed by atoms with Gasteiger partial charge in [-0.05, 0) is 43.0 Å². The van der Waals surface area contributed by atoms with Crippen LogP contribution in [0.4, 0.5) is 0 Å². The standard InChI is InChI=1S/C29H32N2O7/c32-15-6-16-38-25-12-5-11-18-19(25)13-14-30(26(33)22-9-3-4-10-23(22)29(36)37)24(18)17-31-27(34)20-7-1-2-8-21(20)28(31)35/h1-2,5,7-8,11-12,22-24,32H,3-4,6,9-10,13-17H2,(H,36,37)/t22-,23+,24-/m1/s1. The molecule has 1 aliphatic carbocycles. The minimum Gasteiger partial charge on any atom is -0.493 e. The van der Waals surface area contributed by atoms with Gasteiger partial charge in [-0.3, -0.25) is 24.1 Å². The van der Waals surface area contributed by atoms with Crippen molar-refractivity contribution in [2.24, 2.45) is 11.8 Å². The summed E-state index contributed by atoms with van der Waals surface area (Å²) in [6.45, 7) is 0.630. The molecule has 0 spiro atoms. The highest BCUT2D eigenvalue weighted by Gasteiger charge is 2.44. The Balaban J connectivity index is 1.50. The van der Waals surface area contributed by atoms with Crippen LogP contribution in [-0.4, -0.2) is 70.0 Å². The zero-order valence-corrected chi connectivity index (χ0v) is 21.2. The molecule has 9 nitrogen and oxygen atoms in total. The van der Waals surface area contributed by atoms with Crippen LogP contribution in [0.3, 0.4) is 0 Å². The molecule has 2 heterocycles. The van der Waals surface area contributed by atoms with Gasteiger partial charge in [-0.2, -0.15) is 0 Å². The average molecular weight is 521 g/mol. The number of hydrogen-bond acceptors (Lipinski definition) is 6. The number of fused-ring (bicyclic) bond motifs is 2. The summed E-state index contributed by atoms with van der Waals surface area (Å²) in [5, 5.41) is 19.0. The van der Waals surface area contributed by atoms with E-state index >= 15 is 0 Å². The van der Waals surface area contributed by atoms with Gasteiger partial charge in [-0.15, -0.1) is 0 Å². The van der Waals surface area contributed by atoms with Gasteiger partial charge in [0.15, 0.2) is 0 Å². The van der Waals surface area contributed by atoms with Crippen molar-refractivity contribution in [3.63, 3.8) is 0 Å². The second kappa shape index (κ2) is 10.9. The Bertz CT molecular complexity index is 1220. The molecule has 200 valence electrons. The molecule has 0 bridgehead atoms. The predicted octanol–water partition coefficient (Wildman–Crippen LogP) is 3.06. The first kappa shape index (κ1) is 25.9. The summed E-state index contributed by atoms with van der Waals surface area (Å²) in [4.78, 5) is 55.3. The molecule has 2 N–H and O–H groups in total. The molecule has 0 saturated heterocycles. The van der Waals surface area contributed by atoms with Crippen LogP contribution in [0.1, 0.15) is 70.0 Å². The number of carbonyl (C=O) groups excluding carboxylic acids is 3. The minimum atomic E-state index is -0.961.